The van der Waals surface area contributed by atoms with Gasteiger partial charge in [0.05, 0.1) is 10.1 Å². The van der Waals surface area contributed by atoms with Gasteiger partial charge < -0.3 is 8.94 Å². The van der Waals surface area contributed by atoms with E-state index in [0.29, 0.717) is 35.6 Å². The molecule has 11 heteroatoms. The second kappa shape index (κ2) is 9.69. The highest BCUT2D eigenvalue weighted by Gasteiger charge is 2.27. The Hall–Kier alpha value is -3.02. The number of hydrogen-bond donors (Lipinski definition) is 0. The lowest BCUT2D eigenvalue weighted by Crippen LogP contribution is -2.35. The van der Waals surface area contributed by atoms with E-state index < -0.39 is 10.0 Å². The van der Waals surface area contributed by atoms with Crippen molar-refractivity contribution in [2.45, 2.75) is 41.6 Å². The van der Waals surface area contributed by atoms with Crippen LogP contribution in [0.2, 0.25) is 0 Å². The van der Waals surface area contributed by atoms with E-state index in [1.54, 1.807) is 28.6 Å². The van der Waals surface area contributed by atoms with Crippen LogP contribution in [0.15, 0.2) is 73.7 Å². The van der Waals surface area contributed by atoms with E-state index in [1.807, 2.05) is 37.3 Å². The maximum Gasteiger partial charge on any atom is 0.277 e. The summed E-state index contributed by atoms with van der Waals surface area (Å²) in [6.45, 7) is 3.00. The second-order valence-electron chi connectivity index (χ2n) is 7.95. The molecule has 1 atom stereocenters. The topological polar surface area (TPSA) is 115 Å². The van der Waals surface area contributed by atoms with Gasteiger partial charge in [-0.25, -0.2) is 8.42 Å². The molecular formula is C23H23N5O4S2. The molecule has 1 aliphatic rings. The number of rotatable bonds is 7. The summed E-state index contributed by atoms with van der Waals surface area (Å²) in [4.78, 5) is 4.69. The van der Waals surface area contributed by atoms with Crippen LogP contribution in [0, 0.1) is 0 Å². The Morgan fingerprint density at radius 2 is 1.74 bits per heavy atom. The Bertz CT molecular complexity index is 1360. The summed E-state index contributed by atoms with van der Waals surface area (Å²) in [5, 5.41) is 12.4. The normalized spacial score (nSPS) is 15.9. The van der Waals surface area contributed by atoms with Crippen LogP contribution in [-0.2, 0) is 10.0 Å². The molecule has 0 aliphatic carbocycles. The molecule has 0 amide bonds. The third kappa shape index (κ3) is 4.77. The van der Waals surface area contributed by atoms with E-state index >= 15 is 0 Å². The zero-order valence-electron chi connectivity index (χ0n) is 18.5. The summed E-state index contributed by atoms with van der Waals surface area (Å²) in [6.07, 6.45) is 2.83. The Labute approximate surface area is 201 Å². The van der Waals surface area contributed by atoms with Gasteiger partial charge in [0.25, 0.3) is 5.22 Å². The van der Waals surface area contributed by atoms with Gasteiger partial charge >= 0.3 is 0 Å². The Balaban J connectivity index is 1.31. The first-order valence-electron chi connectivity index (χ1n) is 11.0. The molecule has 0 bridgehead atoms. The zero-order chi connectivity index (χ0) is 23.5. The Morgan fingerprint density at radius 3 is 2.53 bits per heavy atom. The van der Waals surface area contributed by atoms with Crippen LogP contribution in [0.25, 0.3) is 22.8 Å². The van der Waals surface area contributed by atoms with E-state index in [1.165, 1.54) is 11.8 Å². The van der Waals surface area contributed by atoms with Crippen molar-refractivity contribution in [2.24, 2.45) is 0 Å². The van der Waals surface area contributed by atoms with Crippen molar-refractivity contribution in [2.75, 3.05) is 13.1 Å². The van der Waals surface area contributed by atoms with E-state index in [9.17, 15) is 8.42 Å². The maximum atomic E-state index is 13.0. The predicted octanol–water partition coefficient (Wildman–Crippen LogP) is 4.81. The molecule has 4 aromatic rings. The van der Waals surface area contributed by atoms with Gasteiger partial charge in [-0.05, 0) is 38.0 Å². The third-order valence-corrected chi connectivity index (χ3v) is 8.36. The molecule has 0 saturated carbocycles. The van der Waals surface area contributed by atoms with Crippen LogP contribution in [-0.4, -0.2) is 46.2 Å². The first-order valence-corrected chi connectivity index (χ1v) is 13.3. The van der Waals surface area contributed by atoms with Crippen LogP contribution in [0.4, 0.5) is 0 Å². The molecule has 3 heterocycles. The number of hydrogen-bond acceptors (Lipinski definition) is 9. The van der Waals surface area contributed by atoms with Crippen molar-refractivity contribution in [3.05, 3.63) is 60.5 Å². The van der Waals surface area contributed by atoms with Gasteiger partial charge in [0.15, 0.2) is 0 Å². The molecule has 0 radical (unpaired) electrons. The van der Waals surface area contributed by atoms with Gasteiger partial charge in [0, 0.05) is 24.2 Å². The lowest BCUT2D eigenvalue weighted by atomic mass is 10.2. The number of benzene rings is 2. The molecular weight excluding hydrogens is 474 g/mol. The molecule has 176 valence electrons. The van der Waals surface area contributed by atoms with Gasteiger partial charge in [0.2, 0.25) is 27.6 Å². The summed E-state index contributed by atoms with van der Waals surface area (Å²) in [7, 11) is -3.55. The van der Waals surface area contributed by atoms with Crippen molar-refractivity contribution >= 4 is 21.8 Å². The van der Waals surface area contributed by atoms with Gasteiger partial charge in [-0.1, -0.05) is 59.7 Å². The molecule has 0 N–H and O–H groups in total. The molecule has 2 aromatic heterocycles. The van der Waals surface area contributed by atoms with Crippen molar-refractivity contribution < 1.29 is 17.4 Å². The van der Waals surface area contributed by atoms with E-state index in [-0.39, 0.29) is 16.0 Å². The number of aromatic nitrogens is 4. The van der Waals surface area contributed by atoms with E-state index in [2.05, 4.69) is 20.3 Å². The highest BCUT2D eigenvalue weighted by molar-refractivity contribution is 7.99. The number of nitrogens with zero attached hydrogens (tertiary/aromatic N) is 5. The van der Waals surface area contributed by atoms with Crippen LogP contribution < -0.4 is 0 Å². The minimum atomic E-state index is -3.55. The van der Waals surface area contributed by atoms with Gasteiger partial charge in [-0.15, -0.1) is 10.2 Å². The molecule has 9 nitrogen and oxygen atoms in total. The summed E-state index contributed by atoms with van der Waals surface area (Å²) >= 11 is 1.29. The van der Waals surface area contributed by atoms with Crippen LogP contribution in [0.5, 0.6) is 0 Å². The number of sulfonamides is 1. The SMILES string of the molecule is CC(Sc1nnc(-c2cccc(S(=O)(=O)N3CCCCC3)c2)o1)c1nc(-c2ccccc2)no1. The fraction of sp³-hybridized carbons (Fsp3) is 0.304. The molecule has 1 aliphatic heterocycles. The Morgan fingerprint density at radius 1 is 0.971 bits per heavy atom. The maximum absolute atomic E-state index is 13.0. The molecule has 34 heavy (non-hydrogen) atoms. The van der Waals surface area contributed by atoms with Crippen molar-refractivity contribution in [1.82, 2.24) is 24.6 Å². The monoisotopic (exact) mass is 497 g/mol. The molecule has 2 aromatic carbocycles. The van der Waals surface area contributed by atoms with Crippen molar-refractivity contribution in [3.8, 4) is 22.8 Å². The predicted molar refractivity (Wildman–Crippen MR) is 126 cm³/mol. The fourth-order valence-electron chi connectivity index (χ4n) is 3.72. The average molecular weight is 498 g/mol. The number of thioether (sulfide) groups is 1. The van der Waals surface area contributed by atoms with E-state index in [0.717, 1.165) is 24.8 Å². The first kappa shape index (κ1) is 22.8. The van der Waals surface area contributed by atoms with E-state index in [4.69, 9.17) is 8.94 Å². The summed E-state index contributed by atoms with van der Waals surface area (Å²) in [6, 6.07) is 16.2. The first-order chi connectivity index (χ1) is 16.5. The van der Waals surface area contributed by atoms with Crippen molar-refractivity contribution in [1.29, 1.82) is 0 Å². The lowest BCUT2D eigenvalue weighted by Gasteiger charge is -2.25. The minimum absolute atomic E-state index is 0.218. The fourth-order valence-corrected chi connectivity index (χ4v) is 6.00. The second-order valence-corrected chi connectivity index (χ2v) is 11.2. The highest BCUT2D eigenvalue weighted by Crippen LogP contribution is 2.35. The summed E-state index contributed by atoms with van der Waals surface area (Å²) < 4.78 is 38.8. The molecule has 5 rings (SSSR count). The smallest absolute Gasteiger partial charge is 0.277 e. The van der Waals surface area contributed by atoms with Crippen LogP contribution in [0.3, 0.4) is 0 Å². The standard InChI is InChI=1S/C23H23N5O4S2/c1-16(21-24-20(27-32-21)17-9-4-2-5-10-17)33-23-26-25-22(31-23)18-11-8-12-19(15-18)34(29,30)28-13-6-3-7-14-28/h2,4-5,8-12,15-16H,3,6-7,13-14H2,1H3. The lowest BCUT2D eigenvalue weighted by molar-refractivity contribution is 0.346. The summed E-state index contributed by atoms with van der Waals surface area (Å²) in [5.41, 5.74) is 1.42. The largest absolute Gasteiger partial charge is 0.411 e. The highest BCUT2D eigenvalue weighted by atomic mass is 32.2. The Kier molecular flexibility index (Phi) is 6.48. The number of piperidine rings is 1. The summed E-state index contributed by atoms with van der Waals surface area (Å²) in [5.74, 6) is 1.21. The van der Waals surface area contributed by atoms with Gasteiger partial charge in [-0.2, -0.15) is 9.29 Å². The third-order valence-electron chi connectivity index (χ3n) is 5.54. The molecule has 1 unspecified atom stereocenters. The zero-order valence-corrected chi connectivity index (χ0v) is 20.1. The quantitative estimate of drug-likeness (QED) is 0.332. The van der Waals surface area contributed by atoms with Crippen molar-refractivity contribution in [3.63, 3.8) is 0 Å². The molecule has 1 fully saturated rings. The van der Waals surface area contributed by atoms with Crippen LogP contribution in [0.1, 0.15) is 37.3 Å². The average Bonchev–Trinajstić information content (AvgIpc) is 3.56. The molecule has 1 saturated heterocycles. The minimum Gasteiger partial charge on any atom is -0.411 e. The van der Waals surface area contributed by atoms with Gasteiger partial charge in [-0.3, -0.25) is 0 Å². The van der Waals surface area contributed by atoms with Gasteiger partial charge in [0.1, 0.15) is 0 Å². The van der Waals surface area contributed by atoms with Crippen LogP contribution >= 0.6 is 11.8 Å². The molecule has 0 spiro atoms.